The molecule has 1 unspecified atom stereocenters. The van der Waals surface area contributed by atoms with Crippen molar-refractivity contribution in [1.29, 1.82) is 5.26 Å². The normalized spacial score (nSPS) is 17.4. The molecule has 18 heavy (non-hydrogen) atoms. The number of hydrogen-bond donors (Lipinski definition) is 2. The first kappa shape index (κ1) is 13.4. The molecule has 0 saturated heterocycles. The SMILES string of the molecule is N#Cc1cc(Br)ccc1NC(CN)C1CCCC1. The van der Waals surface area contributed by atoms with Gasteiger partial charge in [-0.05, 0) is 37.0 Å². The van der Waals surface area contributed by atoms with Gasteiger partial charge in [-0.25, -0.2) is 0 Å². The summed E-state index contributed by atoms with van der Waals surface area (Å²) in [5.74, 6) is 0.644. The average molecular weight is 308 g/mol. The standard InChI is InChI=1S/C14H18BrN3/c15-12-5-6-13(11(7-12)8-16)18-14(9-17)10-3-1-2-4-10/h5-7,10,14,18H,1-4,9,17H2. The molecular weight excluding hydrogens is 290 g/mol. The number of nitriles is 1. The predicted molar refractivity (Wildman–Crippen MR) is 77.3 cm³/mol. The third-order valence-electron chi connectivity index (χ3n) is 3.67. The first-order valence-electron chi connectivity index (χ1n) is 6.41. The quantitative estimate of drug-likeness (QED) is 0.897. The number of hydrogen-bond acceptors (Lipinski definition) is 3. The molecule has 0 spiro atoms. The molecular formula is C14H18BrN3. The summed E-state index contributed by atoms with van der Waals surface area (Å²) < 4.78 is 0.926. The minimum atomic E-state index is 0.278. The second-order valence-electron chi connectivity index (χ2n) is 4.83. The van der Waals surface area contributed by atoms with Crippen molar-refractivity contribution < 1.29 is 0 Å². The number of nitrogens with zero attached hydrogens (tertiary/aromatic N) is 1. The monoisotopic (exact) mass is 307 g/mol. The van der Waals surface area contributed by atoms with Gasteiger partial charge in [0.15, 0.2) is 0 Å². The van der Waals surface area contributed by atoms with Gasteiger partial charge in [0, 0.05) is 17.1 Å². The zero-order valence-electron chi connectivity index (χ0n) is 10.3. The molecule has 0 aliphatic heterocycles. The minimum absolute atomic E-state index is 0.278. The second-order valence-corrected chi connectivity index (χ2v) is 5.75. The lowest BCUT2D eigenvalue weighted by molar-refractivity contribution is 0.462. The number of rotatable bonds is 4. The molecule has 2 rings (SSSR count). The number of nitrogens with two attached hydrogens (primary N) is 1. The van der Waals surface area contributed by atoms with E-state index in [9.17, 15) is 0 Å². The van der Waals surface area contributed by atoms with Crippen LogP contribution in [-0.2, 0) is 0 Å². The number of nitrogens with one attached hydrogen (secondary N) is 1. The van der Waals surface area contributed by atoms with Gasteiger partial charge in [0.2, 0.25) is 0 Å². The molecule has 1 atom stereocenters. The summed E-state index contributed by atoms with van der Waals surface area (Å²) in [5, 5.41) is 12.6. The predicted octanol–water partition coefficient (Wildman–Crippen LogP) is 3.25. The van der Waals surface area contributed by atoms with Crippen LogP contribution in [0.3, 0.4) is 0 Å². The number of benzene rings is 1. The van der Waals surface area contributed by atoms with Crippen LogP contribution in [0.25, 0.3) is 0 Å². The maximum Gasteiger partial charge on any atom is 0.101 e. The van der Waals surface area contributed by atoms with Crippen molar-refractivity contribution in [3.63, 3.8) is 0 Å². The van der Waals surface area contributed by atoms with E-state index in [4.69, 9.17) is 11.0 Å². The van der Waals surface area contributed by atoms with Crippen LogP contribution in [0.5, 0.6) is 0 Å². The van der Waals surface area contributed by atoms with Crippen LogP contribution < -0.4 is 11.1 Å². The minimum Gasteiger partial charge on any atom is -0.380 e. The van der Waals surface area contributed by atoms with Crippen LogP contribution in [0, 0.1) is 17.2 Å². The van der Waals surface area contributed by atoms with Crippen molar-refractivity contribution in [2.45, 2.75) is 31.7 Å². The van der Waals surface area contributed by atoms with Gasteiger partial charge in [0.25, 0.3) is 0 Å². The molecule has 4 heteroatoms. The lowest BCUT2D eigenvalue weighted by Gasteiger charge is -2.24. The Labute approximate surface area is 116 Å². The molecule has 3 N–H and O–H groups in total. The van der Waals surface area contributed by atoms with E-state index in [2.05, 4.69) is 27.3 Å². The van der Waals surface area contributed by atoms with Gasteiger partial charge in [-0.1, -0.05) is 28.8 Å². The summed E-state index contributed by atoms with van der Waals surface area (Å²) in [7, 11) is 0. The summed E-state index contributed by atoms with van der Waals surface area (Å²) >= 11 is 3.38. The molecule has 1 aromatic carbocycles. The van der Waals surface area contributed by atoms with Crippen LogP contribution in [0.15, 0.2) is 22.7 Å². The highest BCUT2D eigenvalue weighted by molar-refractivity contribution is 9.10. The van der Waals surface area contributed by atoms with Crippen molar-refractivity contribution in [3.8, 4) is 6.07 Å². The van der Waals surface area contributed by atoms with Gasteiger partial charge in [0.05, 0.1) is 11.3 Å². The van der Waals surface area contributed by atoms with E-state index < -0.39 is 0 Å². The molecule has 0 amide bonds. The van der Waals surface area contributed by atoms with Crippen LogP contribution in [-0.4, -0.2) is 12.6 Å². The van der Waals surface area contributed by atoms with Crippen LogP contribution in [0.2, 0.25) is 0 Å². The number of anilines is 1. The largest absolute Gasteiger partial charge is 0.380 e. The fourth-order valence-corrected chi connectivity index (χ4v) is 3.02. The molecule has 0 radical (unpaired) electrons. The Morgan fingerprint density at radius 2 is 2.17 bits per heavy atom. The van der Waals surface area contributed by atoms with Gasteiger partial charge in [0.1, 0.15) is 6.07 Å². The maximum absolute atomic E-state index is 9.15. The fourth-order valence-electron chi connectivity index (χ4n) is 2.66. The molecule has 1 aliphatic carbocycles. The van der Waals surface area contributed by atoms with Gasteiger partial charge in [-0.15, -0.1) is 0 Å². The summed E-state index contributed by atoms with van der Waals surface area (Å²) in [5.41, 5.74) is 7.43. The van der Waals surface area contributed by atoms with E-state index in [1.807, 2.05) is 18.2 Å². The highest BCUT2D eigenvalue weighted by atomic mass is 79.9. The van der Waals surface area contributed by atoms with E-state index in [0.717, 1.165) is 10.2 Å². The topological polar surface area (TPSA) is 61.8 Å². The summed E-state index contributed by atoms with van der Waals surface area (Å²) in [4.78, 5) is 0. The molecule has 96 valence electrons. The molecule has 3 nitrogen and oxygen atoms in total. The van der Waals surface area contributed by atoms with Crippen molar-refractivity contribution in [2.75, 3.05) is 11.9 Å². The van der Waals surface area contributed by atoms with Gasteiger partial charge < -0.3 is 11.1 Å². The van der Waals surface area contributed by atoms with Crippen LogP contribution in [0.1, 0.15) is 31.2 Å². The molecule has 0 heterocycles. The number of halogens is 1. The highest BCUT2D eigenvalue weighted by Crippen LogP contribution is 2.30. The smallest absolute Gasteiger partial charge is 0.101 e. The fraction of sp³-hybridized carbons (Fsp3) is 0.500. The summed E-state index contributed by atoms with van der Waals surface area (Å²) in [6.07, 6.45) is 5.09. The van der Waals surface area contributed by atoms with E-state index in [-0.39, 0.29) is 6.04 Å². The Kier molecular flexibility index (Phi) is 4.62. The summed E-state index contributed by atoms with van der Waals surface area (Å²) in [6.45, 7) is 0.617. The van der Waals surface area contributed by atoms with Crippen molar-refractivity contribution in [3.05, 3.63) is 28.2 Å². The highest BCUT2D eigenvalue weighted by Gasteiger charge is 2.24. The molecule has 0 bridgehead atoms. The Bertz CT molecular complexity index is 447. The summed E-state index contributed by atoms with van der Waals surface area (Å²) in [6, 6.07) is 8.23. The average Bonchev–Trinajstić information content (AvgIpc) is 2.91. The third kappa shape index (κ3) is 3.04. The third-order valence-corrected chi connectivity index (χ3v) is 4.16. The van der Waals surface area contributed by atoms with E-state index >= 15 is 0 Å². The van der Waals surface area contributed by atoms with E-state index in [1.54, 1.807) is 0 Å². The first-order chi connectivity index (χ1) is 8.74. The Balaban J connectivity index is 2.14. The molecule has 1 aliphatic rings. The van der Waals surface area contributed by atoms with Crippen molar-refractivity contribution in [2.24, 2.45) is 11.7 Å². The lowest BCUT2D eigenvalue weighted by Crippen LogP contribution is -2.35. The van der Waals surface area contributed by atoms with E-state index in [0.29, 0.717) is 18.0 Å². The van der Waals surface area contributed by atoms with Crippen molar-refractivity contribution in [1.82, 2.24) is 0 Å². The first-order valence-corrected chi connectivity index (χ1v) is 7.20. The molecule has 1 aromatic rings. The molecule has 0 aromatic heterocycles. The van der Waals surface area contributed by atoms with Crippen LogP contribution in [0.4, 0.5) is 5.69 Å². The molecule has 1 saturated carbocycles. The lowest BCUT2D eigenvalue weighted by atomic mass is 9.97. The Morgan fingerprint density at radius 1 is 1.44 bits per heavy atom. The van der Waals surface area contributed by atoms with Crippen molar-refractivity contribution >= 4 is 21.6 Å². The van der Waals surface area contributed by atoms with Crippen LogP contribution >= 0.6 is 15.9 Å². The zero-order chi connectivity index (χ0) is 13.0. The Hall–Kier alpha value is -1.05. The zero-order valence-corrected chi connectivity index (χ0v) is 11.9. The van der Waals surface area contributed by atoms with Gasteiger partial charge in [-0.2, -0.15) is 5.26 Å². The van der Waals surface area contributed by atoms with Gasteiger partial charge in [-0.3, -0.25) is 0 Å². The Morgan fingerprint density at radius 3 is 2.78 bits per heavy atom. The van der Waals surface area contributed by atoms with Gasteiger partial charge >= 0.3 is 0 Å². The molecule has 1 fully saturated rings. The maximum atomic E-state index is 9.15. The second kappa shape index (κ2) is 6.21. The van der Waals surface area contributed by atoms with E-state index in [1.165, 1.54) is 25.7 Å².